The predicted molar refractivity (Wildman–Crippen MR) is 123 cm³/mol. The van der Waals surface area contributed by atoms with Gasteiger partial charge in [0, 0.05) is 23.4 Å². The maximum atomic E-state index is 12.4. The number of carbonyl (C=O) groups is 1. The van der Waals surface area contributed by atoms with Crippen molar-refractivity contribution < 1.29 is 19.2 Å². The molecular weight excluding hydrogens is 457 g/mol. The van der Waals surface area contributed by atoms with E-state index in [1.807, 2.05) is 25.1 Å². The van der Waals surface area contributed by atoms with Crippen molar-refractivity contribution in [3.05, 3.63) is 92.0 Å². The highest BCUT2D eigenvalue weighted by Gasteiger charge is 2.15. The fourth-order valence-electron chi connectivity index (χ4n) is 2.76. The molecule has 3 aromatic carbocycles. The molecule has 3 aromatic rings. The number of halogens is 2. The van der Waals surface area contributed by atoms with Gasteiger partial charge in [0.25, 0.3) is 5.69 Å². The zero-order chi connectivity index (χ0) is 23.3. The number of nitrogens with zero attached hydrogens (tertiary/aromatic N) is 2. The van der Waals surface area contributed by atoms with Crippen LogP contribution in [0.4, 0.5) is 16.2 Å². The highest BCUT2D eigenvalue weighted by atomic mass is 35.5. The highest BCUT2D eigenvalue weighted by molar-refractivity contribution is 6.37. The van der Waals surface area contributed by atoms with Gasteiger partial charge >= 0.3 is 6.03 Å². The smallest absolute Gasteiger partial charge is 0.348 e. The Hall–Kier alpha value is -3.62. The fourth-order valence-corrected chi connectivity index (χ4v) is 3.32. The molecule has 0 saturated carbocycles. The Morgan fingerprint density at radius 2 is 1.69 bits per heavy atom. The van der Waals surface area contributed by atoms with E-state index in [-0.39, 0.29) is 27.4 Å². The van der Waals surface area contributed by atoms with Crippen molar-refractivity contribution in [2.45, 2.75) is 6.92 Å². The third-order valence-electron chi connectivity index (χ3n) is 4.29. The van der Waals surface area contributed by atoms with Gasteiger partial charge in [0.1, 0.15) is 5.75 Å². The molecule has 164 valence electrons. The Kier molecular flexibility index (Phi) is 7.29. The molecule has 10 heteroatoms. The number of amides is 2. The molecule has 2 amide bonds. The lowest BCUT2D eigenvalue weighted by atomic mass is 10.1. The Labute approximate surface area is 193 Å². The van der Waals surface area contributed by atoms with E-state index in [9.17, 15) is 14.9 Å². The van der Waals surface area contributed by atoms with Gasteiger partial charge in [-0.3, -0.25) is 10.1 Å². The molecule has 0 spiro atoms. The summed E-state index contributed by atoms with van der Waals surface area (Å²) in [6.45, 7) is 1.88. The molecule has 0 radical (unpaired) electrons. The molecule has 0 aliphatic heterocycles. The number of aryl methyl sites for hydroxylation is 1. The van der Waals surface area contributed by atoms with Crippen LogP contribution in [0.5, 0.6) is 11.5 Å². The van der Waals surface area contributed by atoms with Crippen molar-refractivity contribution in [3.63, 3.8) is 0 Å². The number of nitro benzene ring substituents is 1. The van der Waals surface area contributed by atoms with E-state index < -0.39 is 11.0 Å². The first kappa shape index (κ1) is 23.1. The van der Waals surface area contributed by atoms with Crippen LogP contribution in [0.15, 0.2) is 65.7 Å². The van der Waals surface area contributed by atoms with Crippen molar-refractivity contribution in [3.8, 4) is 11.5 Å². The van der Waals surface area contributed by atoms with Gasteiger partial charge in [-0.15, -0.1) is 0 Å². The number of carbonyl (C=O) groups excluding carboxylic acids is 1. The zero-order valence-corrected chi connectivity index (χ0v) is 18.5. The van der Waals surface area contributed by atoms with Gasteiger partial charge in [0.05, 0.1) is 22.1 Å². The average molecular weight is 474 g/mol. The van der Waals surface area contributed by atoms with Crippen LogP contribution in [0.25, 0.3) is 0 Å². The lowest BCUT2D eigenvalue weighted by molar-refractivity contribution is -0.384. The van der Waals surface area contributed by atoms with Crippen molar-refractivity contribution >= 4 is 46.5 Å². The van der Waals surface area contributed by atoms with E-state index in [1.54, 1.807) is 6.07 Å². The number of urea groups is 1. The number of non-ortho nitro benzene ring substituents is 1. The zero-order valence-electron chi connectivity index (χ0n) is 17.0. The Balaban J connectivity index is 1.77. The van der Waals surface area contributed by atoms with Gasteiger partial charge < -0.3 is 14.8 Å². The number of nitrogens with one attached hydrogen (secondary N) is 1. The second-order valence-electron chi connectivity index (χ2n) is 6.49. The second kappa shape index (κ2) is 10.1. The van der Waals surface area contributed by atoms with Crippen LogP contribution in [-0.4, -0.2) is 24.0 Å². The van der Waals surface area contributed by atoms with Crippen molar-refractivity contribution in [1.29, 1.82) is 0 Å². The number of anilines is 1. The summed E-state index contributed by atoms with van der Waals surface area (Å²) in [6.07, 6.45) is 0. The number of hydrogen-bond acceptors (Lipinski definition) is 5. The first-order chi connectivity index (χ1) is 15.3. The monoisotopic (exact) mass is 473 g/mol. The van der Waals surface area contributed by atoms with Gasteiger partial charge in [-0.2, -0.15) is 4.99 Å². The lowest BCUT2D eigenvalue weighted by Crippen LogP contribution is -2.13. The lowest BCUT2D eigenvalue weighted by Gasteiger charge is -2.12. The topological polar surface area (TPSA) is 103 Å². The average Bonchev–Trinajstić information content (AvgIpc) is 2.75. The number of rotatable bonds is 5. The minimum Gasteiger partial charge on any atom is -0.480 e. The van der Waals surface area contributed by atoms with E-state index in [2.05, 4.69) is 10.3 Å². The van der Waals surface area contributed by atoms with Gasteiger partial charge in [0.15, 0.2) is 5.75 Å². The van der Waals surface area contributed by atoms with E-state index in [0.29, 0.717) is 17.0 Å². The van der Waals surface area contributed by atoms with Crippen molar-refractivity contribution in [2.75, 3.05) is 12.4 Å². The number of ether oxygens (including phenoxy) is 2. The standard InChI is InChI=1S/C22H17Cl2N3O5/c1-13-5-3-4-6-17(13)21(31-2)26-22(28)25-14-11-18(23)20(19(24)12-14)32-16-9-7-15(8-10-16)27(29)30/h3-12H,1-2H3,(H,25,28)/b26-21-. The molecule has 8 nitrogen and oxygen atoms in total. The van der Waals surface area contributed by atoms with Crippen LogP contribution in [0.3, 0.4) is 0 Å². The molecule has 0 bridgehead atoms. The summed E-state index contributed by atoms with van der Waals surface area (Å²) in [4.78, 5) is 26.6. The molecule has 0 atom stereocenters. The first-order valence-corrected chi connectivity index (χ1v) is 9.95. The molecule has 0 aliphatic carbocycles. The Morgan fingerprint density at radius 3 is 2.25 bits per heavy atom. The van der Waals surface area contributed by atoms with Gasteiger partial charge in [-0.25, -0.2) is 4.79 Å². The largest absolute Gasteiger partial charge is 0.480 e. The van der Waals surface area contributed by atoms with Crippen LogP contribution in [0.2, 0.25) is 10.0 Å². The molecule has 0 aliphatic rings. The fraction of sp³-hybridized carbons (Fsp3) is 0.0909. The number of benzene rings is 3. The van der Waals surface area contributed by atoms with Crippen LogP contribution in [0.1, 0.15) is 11.1 Å². The normalized spacial score (nSPS) is 11.1. The van der Waals surface area contributed by atoms with E-state index >= 15 is 0 Å². The molecule has 0 fully saturated rings. The second-order valence-corrected chi connectivity index (χ2v) is 7.30. The predicted octanol–water partition coefficient (Wildman–Crippen LogP) is 6.63. The molecule has 0 heterocycles. The van der Waals surface area contributed by atoms with E-state index in [1.165, 1.54) is 43.5 Å². The number of aliphatic imine (C=N–C) groups is 1. The molecule has 32 heavy (non-hydrogen) atoms. The quantitative estimate of drug-likeness (QED) is 0.194. The number of hydrogen-bond donors (Lipinski definition) is 1. The summed E-state index contributed by atoms with van der Waals surface area (Å²) in [6, 6.07) is 15.0. The molecule has 0 unspecified atom stereocenters. The number of nitro groups is 1. The third kappa shape index (κ3) is 5.54. The molecule has 0 aromatic heterocycles. The molecule has 3 rings (SSSR count). The van der Waals surface area contributed by atoms with Crippen molar-refractivity contribution in [1.82, 2.24) is 0 Å². The SMILES string of the molecule is CO/C(=N\C(=O)Nc1cc(Cl)c(Oc2ccc([N+](=O)[O-])cc2)c(Cl)c1)c1ccccc1C. The summed E-state index contributed by atoms with van der Waals surface area (Å²) < 4.78 is 10.9. The highest BCUT2D eigenvalue weighted by Crippen LogP contribution is 2.39. The van der Waals surface area contributed by atoms with Crippen LogP contribution in [-0.2, 0) is 4.74 Å². The first-order valence-electron chi connectivity index (χ1n) is 9.19. The van der Waals surface area contributed by atoms with Crippen molar-refractivity contribution in [2.24, 2.45) is 4.99 Å². The summed E-state index contributed by atoms with van der Waals surface area (Å²) in [5, 5.41) is 13.6. The molecular formula is C22H17Cl2N3O5. The maximum Gasteiger partial charge on any atom is 0.348 e. The minimum atomic E-state index is -0.679. The minimum absolute atomic E-state index is 0.0747. The van der Waals surface area contributed by atoms with Crippen LogP contribution >= 0.6 is 23.2 Å². The van der Waals surface area contributed by atoms with Gasteiger partial charge in [-0.05, 0) is 42.8 Å². The van der Waals surface area contributed by atoms with Gasteiger partial charge in [-0.1, -0.05) is 41.4 Å². The number of methoxy groups -OCH3 is 1. The Morgan fingerprint density at radius 1 is 1.06 bits per heavy atom. The maximum absolute atomic E-state index is 12.4. The third-order valence-corrected chi connectivity index (χ3v) is 4.85. The van der Waals surface area contributed by atoms with Gasteiger partial charge in [0.2, 0.25) is 5.90 Å². The summed E-state index contributed by atoms with van der Waals surface area (Å²) in [5.41, 5.74) is 1.81. The molecule has 0 saturated heterocycles. The van der Waals surface area contributed by atoms with E-state index in [0.717, 1.165) is 5.56 Å². The van der Waals surface area contributed by atoms with E-state index in [4.69, 9.17) is 32.7 Å². The summed E-state index contributed by atoms with van der Waals surface area (Å²) in [7, 11) is 1.43. The molecule has 1 N–H and O–H groups in total. The summed E-state index contributed by atoms with van der Waals surface area (Å²) in [5.74, 6) is 0.612. The van der Waals surface area contributed by atoms with Crippen LogP contribution in [0, 0.1) is 17.0 Å². The van der Waals surface area contributed by atoms with Crippen LogP contribution < -0.4 is 10.1 Å². The Bertz CT molecular complexity index is 1170. The summed E-state index contributed by atoms with van der Waals surface area (Å²) >= 11 is 12.5.